The lowest BCUT2D eigenvalue weighted by Gasteiger charge is -2.04. The van der Waals surface area contributed by atoms with Crippen LogP contribution in [0.4, 0.5) is 4.39 Å². The van der Waals surface area contributed by atoms with E-state index in [4.69, 9.17) is 9.47 Å². The molecular formula is C16H14FN3O4S. The van der Waals surface area contributed by atoms with Crippen LogP contribution in [-0.2, 0) is 22.5 Å². The second-order valence-corrected chi connectivity index (χ2v) is 6.14. The molecule has 0 N–H and O–H groups in total. The number of methoxy groups -OCH3 is 1. The van der Waals surface area contributed by atoms with E-state index in [2.05, 4.69) is 10.1 Å². The predicted octanol–water partition coefficient (Wildman–Crippen LogP) is 1.84. The van der Waals surface area contributed by atoms with Gasteiger partial charge in [0.05, 0.1) is 17.9 Å². The van der Waals surface area contributed by atoms with E-state index >= 15 is 0 Å². The van der Waals surface area contributed by atoms with Gasteiger partial charge in [-0.25, -0.2) is 14.2 Å². The van der Waals surface area contributed by atoms with Crippen LogP contribution in [0.1, 0.15) is 21.1 Å². The molecule has 0 spiro atoms. The fourth-order valence-electron chi connectivity index (χ4n) is 2.07. The van der Waals surface area contributed by atoms with E-state index in [9.17, 15) is 14.0 Å². The Morgan fingerprint density at radius 1 is 1.32 bits per heavy atom. The molecule has 0 saturated heterocycles. The summed E-state index contributed by atoms with van der Waals surface area (Å²) in [5.74, 6) is -1.06. The molecule has 130 valence electrons. The lowest BCUT2D eigenvalue weighted by molar-refractivity contribution is 0.0467. The lowest BCUT2D eigenvalue weighted by Crippen LogP contribution is -2.16. The SMILES string of the molecule is COCCc1nn2c(=O)cc(COC(=O)c3ccc(F)cc3)nc2s1. The molecular weight excluding hydrogens is 349 g/mol. The summed E-state index contributed by atoms with van der Waals surface area (Å²) >= 11 is 1.28. The van der Waals surface area contributed by atoms with Crippen molar-refractivity contribution in [1.29, 1.82) is 0 Å². The summed E-state index contributed by atoms with van der Waals surface area (Å²) in [7, 11) is 1.59. The number of aromatic nitrogens is 3. The molecule has 25 heavy (non-hydrogen) atoms. The number of carbonyl (C=O) groups is 1. The Kier molecular flexibility index (Phi) is 5.15. The summed E-state index contributed by atoms with van der Waals surface area (Å²) in [6, 6.07) is 6.27. The van der Waals surface area contributed by atoms with Crippen molar-refractivity contribution in [3.05, 3.63) is 62.8 Å². The van der Waals surface area contributed by atoms with Crippen molar-refractivity contribution in [1.82, 2.24) is 14.6 Å². The second-order valence-electron chi connectivity index (χ2n) is 5.10. The first-order valence-corrected chi connectivity index (χ1v) is 8.19. The molecule has 0 aliphatic heterocycles. The van der Waals surface area contributed by atoms with Gasteiger partial charge < -0.3 is 9.47 Å². The minimum absolute atomic E-state index is 0.159. The molecule has 9 heteroatoms. The molecule has 0 radical (unpaired) electrons. The molecule has 2 heterocycles. The van der Waals surface area contributed by atoms with Crippen LogP contribution in [0, 0.1) is 5.82 Å². The number of esters is 1. The topological polar surface area (TPSA) is 82.8 Å². The molecule has 0 aliphatic carbocycles. The monoisotopic (exact) mass is 363 g/mol. The average molecular weight is 363 g/mol. The molecule has 2 aromatic heterocycles. The van der Waals surface area contributed by atoms with Gasteiger partial charge in [-0.3, -0.25) is 4.79 Å². The highest BCUT2D eigenvalue weighted by atomic mass is 32.1. The molecule has 0 fully saturated rings. The van der Waals surface area contributed by atoms with E-state index in [1.807, 2.05) is 0 Å². The Hall–Kier alpha value is -2.65. The number of fused-ring (bicyclic) bond motifs is 1. The molecule has 0 atom stereocenters. The smallest absolute Gasteiger partial charge is 0.338 e. The van der Waals surface area contributed by atoms with E-state index in [-0.39, 0.29) is 17.7 Å². The van der Waals surface area contributed by atoms with Crippen molar-refractivity contribution in [2.45, 2.75) is 13.0 Å². The Labute approximate surface area is 145 Å². The Morgan fingerprint density at radius 3 is 2.80 bits per heavy atom. The number of carbonyl (C=O) groups excluding carboxylic acids is 1. The highest BCUT2D eigenvalue weighted by Crippen LogP contribution is 2.13. The van der Waals surface area contributed by atoms with Crippen LogP contribution in [0.3, 0.4) is 0 Å². The number of halogens is 1. The quantitative estimate of drug-likeness (QED) is 0.622. The molecule has 1 aromatic carbocycles. The van der Waals surface area contributed by atoms with Gasteiger partial charge in [-0.1, -0.05) is 11.3 Å². The van der Waals surface area contributed by atoms with Crippen LogP contribution < -0.4 is 5.56 Å². The van der Waals surface area contributed by atoms with Crippen molar-refractivity contribution in [2.75, 3.05) is 13.7 Å². The van der Waals surface area contributed by atoms with Gasteiger partial charge in [0, 0.05) is 19.6 Å². The predicted molar refractivity (Wildman–Crippen MR) is 88.2 cm³/mol. The summed E-state index contributed by atoms with van der Waals surface area (Å²) in [5, 5.41) is 4.91. The van der Waals surface area contributed by atoms with Crippen LogP contribution in [0.15, 0.2) is 35.1 Å². The van der Waals surface area contributed by atoms with Crippen molar-refractivity contribution < 1.29 is 18.7 Å². The molecule has 0 amide bonds. The summed E-state index contributed by atoms with van der Waals surface area (Å²) in [6.07, 6.45) is 0.582. The van der Waals surface area contributed by atoms with Gasteiger partial charge in [-0.15, -0.1) is 0 Å². The molecule has 0 saturated carbocycles. The maximum absolute atomic E-state index is 12.9. The van der Waals surface area contributed by atoms with E-state index < -0.39 is 11.8 Å². The summed E-state index contributed by atoms with van der Waals surface area (Å²) in [6.45, 7) is 0.337. The first kappa shape index (κ1) is 17.2. The van der Waals surface area contributed by atoms with E-state index in [0.717, 1.165) is 5.01 Å². The van der Waals surface area contributed by atoms with Crippen molar-refractivity contribution in [3.8, 4) is 0 Å². The van der Waals surface area contributed by atoms with Crippen LogP contribution in [0.25, 0.3) is 4.96 Å². The number of ether oxygens (including phenoxy) is 2. The highest BCUT2D eigenvalue weighted by Gasteiger charge is 2.12. The highest BCUT2D eigenvalue weighted by molar-refractivity contribution is 7.16. The number of benzene rings is 1. The van der Waals surface area contributed by atoms with Crippen molar-refractivity contribution in [2.24, 2.45) is 0 Å². The number of hydrogen-bond acceptors (Lipinski definition) is 7. The molecule has 0 unspecified atom stereocenters. The van der Waals surface area contributed by atoms with Crippen LogP contribution in [-0.4, -0.2) is 34.3 Å². The van der Waals surface area contributed by atoms with Crippen LogP contribution in [0.2, 0.25) is 0 Å². The maximum atomic E-state index is 12.9. The van der Waals surface area contributed by atoms with Crippen LogP contribution >= 0.6 is 11.3 Å². The largest absolute Gasteiger partial charge is 0.456 e. The maximum Gasteiger partial charge on any atom is 0.338 e. The standard InChI is InChI=1S/C16H14FN3O4S/c1-23-7-6-13-19-20-14(21)8-12(18-16(20)25-13)9-24-15(22)10-2-4-11(17)5-3-10/h2-5,8H,6-7,9H2,1H3. The third-order valence-electron chi connectivity index (χ3n) is 3.29. The zero-order chi connectivity index (χ0) is 17.8. The second kappa shape index (κ2) is 7.49. The fraction of sp³-hybridized carbons (Fsp3) is 0.250. The first-order valence-electron chi connectivity index (χ1n) is 7.37. The van der Waals surface area contributed by atoms with Gasteiger partial charge in [-0.05, 0) is 24.3 Å². The van der Waals surface area contributed by atoms with E-state index in [1.54, 1.807) is 7.11 Å². The molecule has 7 nitrogen and oxygen atoms in total. The minimum atomic E-state index is -0.618. The Morgan fingerprint density at radius 2 is 2.08 bits per heavy atom. The summed E-state index contributed by atoms with van der Waals surface area (Å²) in [5.41, 5.74) is 0.194. The molecule has 0 aliphatic rings. The minimum Gasteiger partial charge on any atom is -0.456 e. The zero-order valence-electron chi connectivity index (χ0n) is 13.3. The fourth-order valence-corrected chi connectivity index (χ4v) is 2.97. The first-order chi connectivity index (χ1) is 12.1. The van der Waals surface area contributed by atoms with Gasteiger partial charge in [0.25, 0.3) is 5.56 Å². The van der Waals surface area contributed by atoms with Crippen molar-refractivity contribution in [3.63, 3.8) is 0 Å². The van der Waals surface area contributed by atoms with Gasteiger partial charge >= 0.3 is 5.97 Å². The summed E-state index contributed by atoms with van der Waals surface area (Å²) in [4.78, 5) is 28.7. The molecule has 0 bridgehead atoms. The van der Waals surface area contributed by atoms with E-state index in [1.165, 1.54) is 46.2 Å². The van der Waals surface area contributed by atoms with E-state index in [0.29, 0.717) is 23.7 Å². The third-order valence-corrected chi connectivity index (χ3v) is 4.26. The molecule has 3 rings (SSSR count). The lowest BCUT2D eigenvalue weighted by atomic mass is 10.2. The van der Waals surface area contributed by atoms with Crippen molar-refractivity contribution >= 4 is 22.3 Å². The molecule has 3 aromatic rings. The third kappa shape index (κ3) is 4.06. The normalized spacial score (nSPS) is 11.0. The van der Waals surface area contributed by atoms with Gasteiger partial charge in [0.1, 0.15) is 17.4 Å². The Balaban J connectivity index is 1.74. The Bertz CT molecular complexity index is 952. The summed E-state index contributed by atoms with van der Waals surface area (Å²) < 4.78 is 24.2. The van der Waals surface area contributed by atoms with Gasteiger partial charge in [-0.2, -0.15) is 9.61 Å². The van der Waals surface area contributed by atoms with Gasteiger partial charge in [0.15, 0.2) is 0 Å². The average Bonchev–Trinajstić information content (AvgIpc) is 3.02. The number of hydrogen-bond donors (Lipinski definition) is 0. The van der Waals surface area contributed by atoms with Crippen LogP contribution in [0.5, 0.6) is 0 Å². The number of rotatable bonds is 6. The zero-order valence-corrected chi connectivity index (χ0v) is 14.1. The number of nitrogens with zero attached hydrogens (tertiary/aromatic N) is 3. The van der Waals surface area contributed by atoms with Gasteiger partial charge in [0.2, 0.25) is 4.96 Å².